The Morgan fingerprint density at radius 2 is 2.17 bits per heavy atom. The summed E-state index contributed by atoms with van der Waals surface area (Å²) in [6.07, 6.45) is 1.96. The lowest BCUT2D eigenvalue weighted by Gasteiger charge is -2.09. The van der Waals surface area contributed by atoms with Gasteiger partial charge in [0.25, 0.3) is 0 Å². The normalized spacial score (nSPS) is 10.6. The van der Waals surface area contributed by atoms with Crippen molar-refractivity contribution in [3.63, 3.8) is 0 Å². The molecule has 0 aliphatic heterocycles. The fraction of sp³-hybridized carbons (Fsp3) is 0.500. The van der Waals surface area contributed by atoms with E-state index in [0.717, 1.165) is 24.2 Å². The van der Waals surface area contributed by atoms with Gasteiger partial charge in [0, 0.05) is 18.7 Å². The molecule has 0 aliphatic rings. The van der Waals surface area contributed by atoms with E-state index in [-0.39, 0.29) is 5.97 Å². The van der Waals surface area contributed by atoms with Crippen LogP contribution in [0.25, 0.3) is 0 Å². The van der Waals surface area contributed by atoms with E-state index in [4.69, 9.17) is 10.5 Å². The molecule has 0 fully saturated rings. The molecule has 0 heterocycles. The van der Waals surface area contributed by atoms with E-state index in [1.54, 1.807) is 0 Å². The molecule has 1 aromatic carbocycles. The van der Waals surface area contributed by atoms with Gasteiger partial charge in [0.2, 0.25) is 0 Å². The zero-order valence-electron chi connectivity index (χ0n) is 11.2. The molecule has 2 N–H and O–H groups in total. The number of carbonyl (C=O) groups is 1. The monoisotopic (exact) mass is 250 g/mol. The first-order valence-corrected chi connectivity index (χ1v) is 6.22. The number of rotatable bonds is 7. The number of nitrogens with two attached hydrogens (primary N) is 1. The molecular weight excluding hydrogens is 228 g/mol. The summed E-state index contributed by atoms with van der Waals surface area (Å²) in [4.78, 5) is 13.5. The smallest absolute Gasteiger partial charge is 0.306 e. The van der Waals surface area contributed by atoms with Gasteiger partial charge >= 0.3 is 5.97 Å². The highest BCUT2D eigenvalue weighted by molar-refractivity contribution is 5.69. The van der Waals surface area contributed by atoms with Crippen molar-refractivity contribution in [2.45, 2.75) is 19.3 Å². The molecule has 0 saturated carbocycles. The summed E-state index contributed by atoms with van der Waals surface area (Å²) in [6.45, 7) is 1.43. The number of carbonyl (C=O) groups excluding carboxylic acids is 1. The first-order chi connectivity index (χ1) is 8.58. The molecule has 1 aromatic rings. The molecule has 0 amide bonds. The number of benzene rings is 1. The minimum atomic E-state index is -0.142. The lowest BCUT2D eigenvalue weighted by molar-refractivity contribution is -0.143. The third-order valence-corrected chi connectivity index (χ3v) is 2.58. The Labute approximate surface area is 109 Å². The quantitative estimate of drug-likeness (QED) is 0.454. The van der Waals surface area contributed by atoms with Gasteiger partial charge < -0.3 is 15.4 Å². The molecular formula is C14H22N2O2. The summed E-state index contributed by atoms with van der Waals surface area (Å²) in [6, 6.07) is 7.59. The molecule has 0 unspecified atom stereocenters. The Kier molecular flexibility index (Phi) is 6.22. The second-order valence-electron chi connectivity index (χ2n) is 4.62. The lowest BCUT2D eigenvalue weighted by atomic mass is 10.1. The van der Waals surface area contributed by atoms with E-state index >= 15 is 0 Å². The van der Waals surface area contributed by atoms with Crippen LogP contribution in [0.2, 0.25) is 0 Å². The van der Waals surface area contributed by atoms with Gasteiger partial charge in [0.15, 0.2) is 0 Å². The van der Waals surface area contributed by atoms with Gasteiger partial charge in [0.1, 0.15) is 0 Å². The van der Waals surface area contributed by atoms with Crippen LogP contribution < -0.4 is 5.73 Å². The Bertz CT molecular complexity index is 378. The third kappa shape index (κ3) is 6.25. The van der Waals surface area contributed by atoms with Crippen molar-refractivity contribution in [3.05, 3.63) is 29.8 Å². The Morgan fingerprint density at radius 1 is 1.39 bits per heavy atom. The summed E-state index contributed by atoms with van der Waals surface area (Å²) >= 11 is 0. The van der Waals surface area contributed by atoms with Crippen molar-refractivity contribution < 1.29 is 9.53 Å². The zero-order valence-corrected chi connectivity index (χ0v) is 11.2. The van der Waals surface area contributed by atoms with Crippen molar-refractivity contribution in [1.29, 1.82) is 0 Å². The molecule has 100 valence electrons. The number of nitrogen functional groups attached to an aromatic ring is 1. The Balaban J connectivity index is 2.17. The highest BCUT2D eigenvalue weighted by Gasteiger charge is 2.04. The average molecular weight is 250 g/mol. The van der Waals surface area contributed by atoms with Crippen molar-refractivity contribution in [2.75, 3.05) is 33.0 Å². The molecule has 0 aliphatic carbocycles. The summed E-state index contributed by atoms with van der Waals surface area (Å²) in [7, 11) is 4.00. The fourth-order valence-corrected chi connectivity index (χ4v) is 1.63. The molecule has 18 heavy (non-hydrogen) atoms. The molecule has 0 aromatic heterocycles. The van der Waals surface area contributed by atoms with Crippen molar-refractivity contribution in [1.82, 2.24) is 4.90 Å². The maximum atomic E-state index is 11.5. The first-order valence-electron chi connectivity index (χ1n) is 6.22. The number of hydrogen-bond acceptors (Lipinski definition) is 4. The third-order valence-electron chi connectivity index (χ3n) is 2.58. The van der Waals surface area contributed by atoms with E-state index in [1.807, 2.05) is 38.4 Å². The number of anilines is 1. The van der Waals surface area contributed by atoms with Crippen LogP contribution in [0.15, 0.2) is 24.3 Å². The van der Waals surface area contributed by atoms with Crippen LogP contribution in [0.4, 0.5) is 5.69 Å². The summed E-state index contributed by atoms with van der Waals surface area (Å²) < 4.78 is 5.15. The highest BCUT2D eigenvalue weighted by atomic mass is 16.5. The molecule has 0 radical (unpaired) electrons. The van der Waals surface area contributed by atoms with E-state index in [1.165, 1.54) is 0 Å². The predicted molar refractivity (Wildman–Crippen MR) is 73.3 cm³/mol. The second-order valence-corrected chi connectivity index (χ2v) is 4.62. The van der Waals surface area contributed by atoms with Crippen LogP contribution in [0.5, 0.6) is 0 Å². The zero-order chi connectivity index (χ0) is 13.4. The van der Waals surface area contributed by atoms with Crippen molar-refractivity contribution in [2.24, 2.45) is 0 Å². The van der Waals surface area contributed by atoms with E-state index in [9.17, 15) is 4.79 Å². The maximum absolute atomic E-state index is 11.5. The van der Waals surface area contributed by atoms with Crippen LogP contribution in [0, 0.1) is 0 Å². The largest absolute Gasteiger partial charge is 0.466 e. The number of nitrogens with zero attached hydrogens (tertiary/aromatic N) is 1. The second kappa shape index (κ2) is 7.71. The van der Waals surface area contributed by atoms with Crippen LogP contribution in [-0.4, -0.2) is 38.1 Å². The van der Waals surface area contributed by atoms with Gasteiger partial charge in [-0.3, -0.25) is 4.79 Å². The van der Waals surface area contributed by atoms with Gasteiger partial charge in [0.05, 0.1) is 6.61 Å². The minimum absolute atomic E-state index is 0.142. The number of aryl methyl sites for hydroxylation is 1. The minimum Gasteiger partial charge on any atom is -0.466 e. The van der Waals surface area contributed by atoms with Crippen molar-refractivity contribution >= 4 is 11.7 Å². The van der Waals surface area contributed by atoms with Gasteiger partial charge in [-0.25, -0.2) is 0 Å². The summed E-state index contributed by atoms with van der Waals surface area (Å²) in [5.74, 6) is -0.142. The summed E-state index contributed by atoms with van der Waals surface area (Å²) in [5, 5.41) is 0. The standard InChI is InChI=1S/C14H22N2O2/c1-16(2)9-4-10-18-14(17)8-7-12-5-3-6-13(15)11-12/h3,5-6,11H,4,7-10,15H2,1-2H3. The van der Waals surface area contributed by atoms with E-state index in [2.05, 4.69) is 4.90 Å². The molecule has 0 atom stereocenters. The lowest BCUT2D eigenvalue weighted by Crippen LogP contribution is -2.16. The number of ether oxygens (including phenoxy) is 1. The number of esters is 1. The molecule has 4 nitrogen and oxygen atoms in total. The molecule has 0 spiro atoms. The Morgan fingerprint density at radius 3 is 2.83 bits per heavy atom. The molecule has 1 rings (SSSR count). The van der Waals surface area contributed by atoms with Crippen LogP contribution in [0.3, 0.4) is 0 Å². The van der Waals surface area contributed by atoms with Crippen LogP contribution >= 0.6 is 0 Å². The average Bonchev–Trinajstić information content (AvgIpc) is 2.32. The van der Waals surface area contributed by atoms with Gasteiger partial charge in [-0.1, -0.05) is 12.1 Å². The topological polar surface area (TPSA) is 55.6 Å². The highest BCUT2D eigenvalue weighted by Crippen LogP contribution is 2.09. The van der Waals surface area contributed by atoms with Crippen molar-refractivity contribution in [3.8, 4) is 0 Å². The molecule has 0 saturated heterocycles. The maximum Gasteiger partial charge on any atom is 0.306 e. The van der Waals surface area contributed by atoms with E-state index in [0.29, 0.717) is 19.4 Å². The number of hydrogen-bond donors (Lipinski definition) is 1. The van der Waals surface area contributed by atoms with Gasteiger partial charge in [-0.15, -0.1) is 0 Å². The molecule has 4 heteroatoms. The fourth-order valence-electron chi connectivity index (χ4n) is 1.63. The first kappa shape index (κ1) is 14.5. The summed E-state index contributed by atoms with van der Waals surface area (Å²) in [5.41, 5.74) is 7.47. The Hall–Kier alpha value is -1.55. The molecule has 0 bridgehead atoms. The van der Waals surface area contributed by atoms with Gasteiger partial charge in [-0.05, 0) is 44.6 Å². The van der Waals surface area contributed by atoms with Crippen LogP contribution in [-0.2, 0) is 16.0 Å². The van der Waals surface area contributed by atoms with E-state index < -0.39 is 0 Å². The van der Waals surface area contributed by atoms with Crippen LogP contribution in [0.1, 0.15) is 18.4 Å². The van der Waals surface area contributed by atoms with Gasteiger partial charge in [-0.2, -0.15) is 0 Å². The predicted octanol–water partition coefficient (Wildman–Crippen LogP) is 1.70. The SMILES string of the molecule is CN(C)CCCOC(=O)CCc1cccc(N)c1.